The number of ether oxygens (including phenoxy) is 1. The second-order valence-corrected chi connectivity index (χ2v) is 9.15. The molecule has 1 saturated heterocycles. The standard InChI is InChI=1S/C23H28F3N3O3S.ClH/c1-16(20-7-8-21(33-20)32-15-23(24,25)26)28-22(31)17-9-11-29(14-17)19(10-12-30)13-27-18-5-3-2-4-6-18;/h2-8,12,16-17,19,27H,9-11,13-15H2,1H3,(H,28,31);1H/t16-,17?,19?;/m1./s1. The number of rotatable bonds is 11. The van der Waals surface area contributed by atoms with Crippen LogP contribution in [0.1, 0.15) is 30.7 Å². The number of likely N-dealkylation sites (tertiary alicyclic amines) is 1. The highest BCUT2D eigenvalue weighted by Gasteiger charge is 2.33. The first-order chi connectivity index (χ1) is 15.7. The predicted octanol–water partition coefficient (Wildman–Crippen LogP) is 4.68. The number of halogens is 4. The quantitative estimate of drug-likeness (QED) is 0.422. The summed E-state index contributed by atoms with van der Waals surface area (Å²) in [4.78, 5) is 26.9. The lowest BCUT2D eigenvalue weighted by Gasteiger charge is -2.27. The number of nitrogens with zero attached hydrogens (tertiary/aromatic N) is 1. The van der Waals surface area contributed by atoms with Crippen molar-refractivity contribution in [2.24, 2.45) is 5.92 Å². The summed E-state index contributed by atoms with van der Waals surface area (Å²) in [5.74, 6) is -0.309. The SMILES string of the molecule is C[C@@H](NC(=O)C1CCN(C(CC=O)CNc2ccccc2)C1)c1ccc(OCC(F)(F)F)s1.Cl. The van der Waals surface area contributed by atoms with Crippen LogP contribution in [0.25, 0.3) is 0 Å². The molecule has 3 rings (SSSR count). The van der Waals surface area contributed by atoms with Gasteiger partial charge in [0.05, 0.1) is 12.0 Å². The van der Waals surface area contributed by atoms with E-state index in [-0.39, 0.29) is 41.4 Å². The van der Waals surface area contributed by atoms with E-state index in [1.807, 2.05) is 30.3 Å². The highest BCUT2D eigenvalue weighted by Crippen LogP contribution is 2.31. The van der Waals surface area contributed by atoms with Crippen LogP contribution in [0.2, 0.25) is 0 Å². The van der Waals surface area contributed by atoms with Gasteiger partial charge in [0.15, 0.2) is 11.7 Å². The van der Waals surface area contributed by atoms with Crippen molar-refractivity contribution in [3.8, 4) is 5.06 Å². The van der Waals surface area contributed by atoms with Gasteiger partial charge in [0.1, 0.15) is 6.29 Å². The van der Waals surface area contributed by atoms with E-state index in [4.69, 9.17) is 4.74 Å². The predicted molar refractivity (Wildman–Crippen MR) is 129 cm³/mol. The van der Waals surface area contributed by atoms with Crippen LogP contribution in [-0.4, -0.2) is 55.6 Å². The van der Waals surface area contributed by atoms with Gasteiger partial charge in [-0.15, -0.1) is 23.7 Å². The normalized spacial score (nSPS) is 17.9. The summed E-state index contributed by atoms with van der Waals surface area (Å²) < 4.78 is 41.7. The third-order valence-corrected chi connectivity index (χ3v) is 6.74. The zero-order valence-electron chi connectivity index (χ0n) is 18.7. The van der Waals surface area contributed by atoms with Gasteiger partial charge < -0.3 is 20.2 Å². The second-order valence-electron chi connectivity index (χ2n) is 8.07. The average molecular weight is 520 g/mol. The van der Waals surface area contributed by atoms with Crippen LogP contribution < -0.4 is 15.4 Å². The molecule has 0 bridgehead atoms. The number of benzene rings is 1. The lowest BCUT2D eigenvalue weighted by Crippen LogP contribution is -2.40. The minimum atomic E-state index is -4.39. The molecule has 3 atom stereocenters. The number of anilines is 1. The summed E-state index contributed by atoms with van der Waals surface area (Å²) >= 11 is 1.09. The fourth-order valence-electron chi connectivity index (χ4n) is 3.80. The van der Waals surface area contributed by atoms with Crippen LogP contribution in [0, 0.1) is 5.92 Å². The minimum Gasteiger partial charge on any atom is -0.475 e. The van der Waals surface area contributed by atoms with Crippen molar-refractivity contribution in [1.82, 2.24) is 10.2 Å². The molecule has 2 aromatic rings. The molecule has 1 amide bonds. The molecule has 1 aliphatic rings. The number of hydrogen-bond donors (Lipinski definition) is 2. The molecule has 34 heavy (non-hydrogen) atoms. The molecule has 1 aliphatic heterocycles. The van der Waals surface area contributed by atoms with E-state index in [1.54, 1.807) is 13.0 Å². The van der Waals surface area contributed by atoms with Crippen LogP contribution >= 0.6 is 23.7 Å². The highest BCUT2D eigenvalue weighted by atomic mass is 35.5. The number of carbonyl (C=O) groups is 2. The molecule has 6 nitrogen and oxygen atoms in total. The number of nitrogens with one attached hydrogen (secondary N) is 2. The fraction of sp³-hybridized carbons (Fsp3) is 0.478. The van der Waals surface area contributed by atoms with E-state index in [1.165, 1.54) is 6.07 Å². The van der Waals surface area contributed by atoms with E-state index in [9.17, 15) is 22.8 Å². The Labute approximate surface area is 207 Å². The van der Waals surface area contributed by atoms with Crippen molar-refractivity contribution >= 4 is 41.6 Å². The highest BCUT2D eigenvalue weighted by molar-refractivity contribution is 7.13. The molecule has 1 aromatic heterocycles. The summed E-state index contributed by atoms with van der Waals surface area (Å²) in [7, 11) is 0. The number of hydrogen-bond acceptors (Lipinski definition) is 6. The molecular formula is C23H29ClF3N3O3S. The van der Waals surface area contributed by atoms with Gasteiger partial charge in [-0.3, -0.25) is 9.69 Å². The molecule has 0 spiro atoms. The van der Waals surface area contributed by atoms with Gasteiger partial charge in [-0.05, 0) is 44.2 Å². The van der Waals surface area contributed by atoms with Crippen LogP contribution in [0.4, 0.5) is 18.9 Å². The lowest BCUT2D eigenvalue weighted by molar-refractivity contribution is -0.152. The fourth-order valence-corrected chi connectivity index (χ4v) is 4.66. The van der Waals surface area contributed by atoms with E-state index < -0.39 is 12.8 Å². The smallest absolute Gasteiger partial charge is 0.422 e. The number of carbonyl (C=O) groups excluding carboxylic acids is 2. The molecule has 0 radical (unpaired) electrons. The van der Waals surface area contributed by atoms with Crippen molar-refractivity contribution in [3.05, 3.63) is 47.3 Å². The Hall–Kier alpha value is -2.30. The van der Waals surface area contributed by atoms with Gasteiger partial charge in [0.25, 0.3) is 0 Å². The van der Waals surface area contributed by atoms with Gasteiger partial charge in [-0.25, -0.2) is 0 Å². The maximum absolute atomic E-state index is 12.8. The summed E-state index contributed by atoms with van der Waals surface area (Å²) in [6.07, 6.45) is -2.43. The Morgan fingerprint density at radius 3 is 2.68 bits per heavy atom. The summed E-state index contributed by atoms with van der Waals surface area (Å²) in [6, 6.07) is 12.5. The zero-order chi connectivity index (χ0) is 23.8. The van der Waals surface area contributed by atoms with E-state index in [0.717, 1.165) is 34.7 Å². The molecule has 188 valence electrons. The number of thiophene rings is 1. The first kappa shape index (κ1) is 27.9. The second kappa shape index (κ2) is 13.0. The summed E-state index contributed by atoms with van der Waals surface area (Å²) in [5.41, 5.74) is 0.977. The molecular weight excluding hydrogens is 491 g/mol. The van der Waals surface area contributed by atoms with Crippen LogP contribution in [0.3, 0.4) is 0 Å². The third kappa shape index (κ3) is 8.48. The largest absolute Gasteiger partial charge is 0.475 e. The summed E-state index contributed by atoms with van der Waals surface area (Å²) in [5, 5.41) is 6.46. The molecule has 1 fully saturated rings. The Balaban J connectivity index is 0.00000408. The average Bonchev–Trinajstić information content (AvgIpc) is 3.45. The van der Waals surface area contributed by atoms with Gasteiger partial charge in [0, 0.05) is 36.1 Å². The van der Waals surface area contributed by atoms with Crippen molar-refractivity contribution in [2.75, 3.05) is 31.6 Å². The Morgan fingerprint density at radius 2 is 2.00 bits per heavy atom. The monoisotopic (exact) mass is 519 g/mol. The zero-order valence-corrected chi connectivity index (χ0v) is 20.3. The first-order valence-corrected chi connectivity index (χ1v) is 11.6. The molecule has 0 aliphatic carbocycles. The Morgan fingerprint density at radius 1 is 1.26 bits per heavy atom. The topological polar surface area (TPSA) is 70.7 Å². The number of alkyl halides is 3. The van der Waals surface area contributed by atoms with Gasteiger partial charge in [-0.1, -0.05) is 18.2 Å². The molecule has 0 saturated carbocycles. The maximum atomic E-state index is 12.8. The molecule has 11 heteroatoms. The van der Waals surface area contributed by atoms with Crippen LogP contribution in [0.15, 0.2) is 42.5 Å². The van der Waals surface area contributed by atoms with E-state index >= 15 is 0 Å². The summed E-state index contributed by atoms with van der Waals surface area (Å²) in [6.45, 7) is 2.33. The van der Waals surface area contributed by atoms with Gasteiger partial charge in [0.2, 0.25) is 5.91 Å². The van der Waals surface area contributed by atoms with Gasteiger partial charge >= 0.3 is 6.18 Å². The van der Waals surface area contributed by atoms with E-state index in [2.05, 4.69) is 15.5 Å². The van der Waals surface area contributed by atoms with Crippen LogP contribution in [-0.2, 0) is 9.59 Å². The van der Waals surface area contributed by atoms with Crippen molar-refractivity contribution < 1.29 is 27.5 Å². The number of aldehydes is 1. The Kier molecular flexibility index (Phi) is 10.7. The first-order valence-electron chi connectivity index (χ1n) is 10.8. The van der Waals surface area contributed by atoms with Crippen molar-refractivity contribution in [3.63, 3.8) is 0 Å². The Bertz CT molecular complexity index is 914. The number of para-hydroxylation sites is 1. The molecule has 2 heterocycles. The lowest BCUT2D eigenvalue weighted by atomic mass is 10.1. The maximum Gasteiger partial charge on any atom is 0.422 e. The van der Waals surface area contributed by atoms with Crippen LogP contribution in [0.5, 0.6) is 5.06 Å². The van der Waals surface area contributed by atoms with E-state index in [0.29, 0.717) is 25.9 Å². The molecule has 2 N–H and O–H groups in total. The molecule has 2 unspecified atom stereocenters. The van der Waals surface area contributed by atoms with Crippen molar-refractivity contribution in [2.45, 2.75) is 38.0 Å². The minimum absolute atomic E-state index is 0. The molecule has 1 aromatic carbocycles. The third-order valence-electron chi connectivity index (χ3n) is 5.56. The number of amides is 1. The van der Waals surface area contributed by atoms with Crippen molar-refractivity contribution in [1.29, 1.82) is 0 Å². The van der Waals surface area contributed by atoms with Gasteiger partial charge in [-0.2, -0.15) is 13.2 Å².